The number of hydrogen-bond acceptors (Lipinski definition) is 7. The van der Waals surface area contributed by atoms with Gasteiger partial charge in [0, 0.05) is 31.7 Å². The van der Waals surface area contributed by atoms with Crippen molar-refractivity contribution in [3.05, 3.63) is 12.7 Å². The number of fused-ring (bicyclic) bond motifs is 1. The van der Waals surface area contributed by atoms with Crippen LogP contribution in [-0.2, 0) is 29.2 Å². The maximum Gasteiger partial charge on any atom is 0.315 e. The molecule has 5 amide bonds. The van der Waals surface area contributed by atoms with Crippen LogP contribution in [0.1, 0.15) is 113 Å². The Balaban J connectivity index is 1.59. The minimum atomic E-state index is -3.74. The molecule has 0 aromatic heterocycles. The molecule has 300 valence electrons. The van der Waals surface area contributed by atoms with Crippen molar-refractivity contribution in [2.75, 3.05) is 25.9 Å². The highest BCUT2D eigenvalue weighted by Crippen LogP contribution is 2.65. The lowest BCUT2D eigenvalue weighted by molar-refractivity contribution is -0.146. The highest BCUT2D eigenvalue weighted by molar-refractivity contribution is 7.89. The van der Waals surface area contributed by atoms with Crippen LogP contribution < -0.4 is 21.3 Å². The lowest BCUT2D eigenvalue weighted by atomic mass is 9.70. The summed E-state index contributed by atoms with van der Waals surface area (Å²) in [6, 6.07) is -4.24. The van der Waals surface area contributed by atoms with Crippen LogP contribution in [-0.4, -0.2) is 103 Å². The molecule has 4 rings (SSSR count). The third-order valence-electron chi connectivity index (χ3n) is 12.9. The zero-order valence-corrected chi connectivity index (χ0v) is 34.4. The normalized spacial score (nSPS) is 25.3. The molecule has 1 aliphatic heterocycles. The van der Waals surface area contributed by atoms with Crippen LogP contribution in [0, 0.1) is 34.5 Å². The molecule has 6 atom stereocenters. The van der Waals surface area contributed by atoms with Crippen LogP contribution in [0.25, 0.3) is 0 Å². The zero-order chi connectivity index (χ0) is 39.7. The monoisotopic (exact) mass is 762 g/mol. The van der Waals surface area contributed by atoms with Gasteiger partial charge < -0.3 is 26.2 Å². The molecule has 14 heteroatoms. The first-order valence-corrected chi connectivity index (χ1v) is 21.2. The van der Waals surface area contributed by atoms with Crippen LogP contribution in [0.5, 0.6) is 0 Å². The number of amides is 5. The molecule has 0 aromatic carbocycles. The van der Waals surface area contributed by atoms with Gasteiger partial charge in [-0.2, -0.15) is 4.31 Å². The van der Waals surface area contributed by atoms with E-state index in [2.05, 4.69) is 41.7 Å². The van der Waals surface area contributed by atoms with Gasteiger partial charge in [-0.15, -0.1) is 6.58 Å². The second-order valence-corrected chi connectivity index (χ2v) is 20.4. The molecule has 0 aromatic rings. The molecule has 4 fully saturated rings. The van der Waals surface area contributed by atoms with Gasteiger partial charge in [-0.05, 0) is 74.5 Å². The summed E-state index contributed by atoms with van der Waals surface area (Å²) < 4.78 is 28.0. The van der Waals surface area contributed by atoms with Gasteiger partial charge in [-0.3, -0.25) is 19.2 Å². The molecule has 3 saturated carbocycles. The van der Waals surface area contributed by atoms with Gasteiger partial charge in [-0.25, -0.2) is 13.2 Å². The van der Waals surface area contributed by atoms with Crippen molar-refractivity contribution in [3.63, 3.8) is 0 Å². The van der Waals surface area contributed by atoms with Crippen LogP contribution in [0.15, 0.2) is 12.7 Å². The van der Waals surface area contributed by atoms with E-state index in [1.165, 1.54) is 17.4 Å². The molecular formula is C39H66N6O7S. The largest absolute Gasteiger partial charge is 0.346 e. The maximum absolute atomic E-state index is 14.9. The molecule has 0 radical (unpaired) electrons. The first-order valence-electron chi connectivity index (χ1n) is 19.6. The molecular weight excluding hydrogens is 697 g/mol. The van der Waals surface area contributed by atoms with E-state index in [0.29, 0.717) is 25.8 Å². The van der Waals surface area contributed by atoms with Crippen LogP contribution in [0.4, 0.5) is 4.79 Å². The quantitative estimate of drug-likeness (QED) is 0.137. The van der Waals surface area contributed by atoms with Crippen molar-refractivity contribution >= 4 is 39.6 Å². The fourth-order valence-electron chi connectivity index (χ4n) is 8.62. The number of likely N-dealkylation sites (tertiary alicyclic amines) is 1. The van der Waals surface area contributed by atoms with E-state index in [1.54, 1.807) is 25.7 Å². The van der Waals surface area contributed by atoms with E-state index in [-0.39, 0.29) is 47.3 Å². The zero-order valence-electron chi connectivity index (χ0n) is 33.5. The maximum atomic E-state index is 14.9. The van der Waals surface area contributed by atoms with E-state index in [1.807, 2.05) is 20.8 Å². The van der Waals surface area contributed by atoms with Crippen molar-refractivity contribution in [3.8, 4) is 0 Å². The van der Waals surface area contributed by atoms with E-state index in [4.69, 9.17) is 0 Å². The topological polar surface area (TPSA) is 174 Å². The minimum absolute atomic E-state index is 0.0582. The van der Waals surface area contributed by atoms with E-state index in [0.717, 1.165) is 38.5 Å². The second kappa shape index (κ2) is 16.4. The Morgan fingerprint density at radius 2 is 1.58 bits per heavy atom. The summed E-state index contributed by atoms with van der Waals surface area (Å²) in [5.74, 6) is -2.71. The van der Waals surface area contributed by atoms with Gasteiger partial charge in [-0.1, -0.05) is 79.2 Å². The van der Waals surface area contributed by atoms with Gasteiger partial charge >= 0.3 is 6.03 Å². The summed E-state index contributed by atoms with van der Waals surface area (Å²) in [5.41, 5.74) is -1.46. The standard InChI is InChI=1S/C39H66N6O7S/c1-11-20-40-34(48)31(46)27(21-25-16-15-17-25)41-33(47)30-29-26(38(29,7)8)22-45(30)35(49)32(39(9)18-13-12-14-19-39)43-36(50)42-28(24(2)3)23-53(51,52)44(10)37(4,5)6/h11,24-30,32H,1,12-23H2,2-10H3,(H,40,48)(H,41,47)(H2,42,43,50)/t26-,27?,28+,29-,30-,32+/m0/s1. The van der Waals surface area contributed by atoms with Crippen LogP contribution >= 0.6 is 0 Å². The third kappa shape index (κ3) is 9.63. The van der Waals surface area contributed by atoms with Crippen LogP contribution in [0.3, 0.4) is 0 Å². The molecule has 4 aliphatic rings. The molecule has 53 heavy (non-hydrogen) atoms. The summed E-state index contributed by atoms with van der Waals surface area (Å²) in [7, 11) is -2.21. The summed E-state index contributed by atoms with van der Waals surface area (Å²) in [4.78, 5) is 70.8. The lowest BCUT2D eigenvalue weighted by Crippen LogP contribution is -2.63. The molecule has 3 aliphatic carbocycles. The SMILES string of the molecule is C=CCNC(=O)C(=O)C(CC1CCC1)NC(=O)[C@@H]1[C@@H]2[C@H](CN1C(=O)[C@@H](NC(=O)N[C@H](CS(=O)(=O)N(C)C(C)(C)C)C(C)C)C1(C)CCCCC1)C2(C)C. The van der Waals surface area contributed by atoms with Gasteiger partial charge in [0.25, 0.3) is 5.91 Å². The number of nitrogens with one attached hydrogen (secondary N) is 4. The molecule has 0 bridgehead atoms. The van der Waals surface area contributed by atoms with E-state index < -0.39 is 68.8 Å². The number of carbonyl (C=O) groups is 5. The number of rotatable bonds is 16. The number of urea groups is 1. The number of Topliss-reactive ketones (excluding diaryl/α,β-unsaturated/α-hetero) is 1. The molecule has 1 saturated heterocycles. The summed E-state index contributed by atoms with van der Waals surface area (Å²) >= 11 is 0. The van der Waals surface area contributed by atoms with Gasteiger partial charge in [0.05, 0.1) is 11.8 Å². The van der Waals surface area contributed by atoms with Crippen molar-refractivity contribution in [2.24, 2.45) is 34.5 Å². The Labute approximate surface area is 317 Å². The molecule has 1 unspecified atom stereocenters. The number of carbonyl (C=O) groups excluding carboxylic acids is 5. The molecule has 4 N–H and O–H groups in total. The Hall–Kier alpha value is -3.00. The minimum Gasteiger partial charge on any atom is -0.346 e. The number of piperidine rings is 1. The highest BCUT2D eigenvalue weighted by Gasteiger charge is 2.70. The fourth-order valence-corrected chi connectivity index (χ4v) is 10.6. The average molecular weight is 763 g/mol. The third-order valence-corrected chi connectivity index (χ3v) is 15.1. The second-order valence-electron chi connectivity index (χ2n) is 18.4. The molecule has 13 nitrogen and oxygen atoms in total. The summed E-state index contributed by atoms with van der Waals surface area (Å²) in [6.45, 7) is 19.3. The predicted molar refractivity (Wildman–Crippen MR) is 205 cm³/mol. The van der Waals surface area contributed by atoms with Crippen LogP contribution in [0.2, 0.25) is 0 Å². The first-order chi connectivity index (χ1) is 24.5. The number of hydrogen-bond donors (Lipinski definition) is 4. The molecule has 0 spiro atoms. The van der Waals surface area contributed by atoms with Crippen molar-refractivity contribution < 1.29 is 32.4 Å². The number of sulfonamides is 1. The summed E-state index contributed by atoms with van der Waals surface area (Å²) in [5, 5.41) is 11.3. The van der Waals surface area contributed by atoms with Crippen molar-refractivity contribution in [2.45, 2.75) is 143 Å². The highest BCUT2D eigenvalue weighted by atomic mass is 32.2. The Bertz CT molecular complexity index is 1510. The fraction of sp³-hybridized carbons (Fsp3) is 0.821. The van der Waals surface area contributed by atoms with E-state index in [9.17, 15) is 32.4 Å². The predicted octanol–water partition coefficient (Wildman–Crippen LogP) is 3.74. The average Bonchev–Trinajstić information content (AvgIpc) is 3.36. The number of nitrogens with zero attached hydrogens (tertiary/aromatic N) is 2. The van der Waals surface area contributed by atoms with Gasteiger partial charge in [0.1, 0.15) is 12.1 Å². The van der Waals surface area contributed by atoms with Gasteiger partial charge in [0.2, 0.25) is 27.6 Å². The first kappa shape index (κ1) is 42.7. The van der Waals surface area contributed by atoms with E-state index >= 15 is 0 Å². The lowest BCUT2D eigenvalue weighted by Gasteiger charge is -2.43. The smallest absolute Gasteiger partial charge is 0.315 e. The Morgan fingerprint density at radius 3 is 2.11 bits per heavy atom. The molecule has 1 heterocycles. The van der Waals surface area contributed by atoms with Crippen molar-refractivity contribution in [1.29, 1.82) is 0 Å². The Morgan fingerprint density at radius 1 is 0.962 bits per heavy atom. The number of ketones is 1. The summed E-state index contributed by atoms with van der Waals surface area (Å²) in [6.07, 6.45) is 8.89. The Kier molecular flexibility index (Phi) is 13.2. The van der Waals surface area contributed by atoms with Crippen molar-refractivity contribution in [1.82, 2.24) is 30.5 Å². The van der Waals surface area contributed by atoms with Gasteiger partial charge in [0.15, 0.2) is 0 Å².